The van der Waals surface area contributed by atoms with Gasteiger partial charge in [0.2, 0.25) is 5.91 Å². The molecule has 1 aromatic carbocycles. The van der Waals surface area contributed by atoms with E-state index in [4.69, 9.17) is 0 Å². The Morgan fingerprint density at radius 1 is 1.17 bits per heavy atom. The number of hydrogen-bond donors (Lipinski definition) is 1. The monoisotopic (exact) mass is 406 g/mol. The maximum Gasteiger partial charge on any atom is 0.241 e. The van der Waals surface area contributed by atoms with Crippen LogP contribution in [0.3, 0.4) is 0 Å². The van der Waals surface area contributed by atoms with Crippen molar-refractivity contribution in [2.75, 3.05) is 11.9 Å². The van der Waals surface area contributed by atoms with E-state index < -0.39 is 0 Å². The van der Waals surface area contributed by atoms with Crippen LogP contribution in [0, 0.1) is 0 Å². The maximum absolute atomic E-state index is 13.0. The Balaban J connectivity index is 1.40. The Kier molecular flexibility index (Phi) is 6.38. The van der Waals surface area contributed by atoms with Crippen molar-refractivity contribution in [3.8, 4) is 5.69 Å². The first kappa shape index (κ1) is 20.1. The Morgan fingerprint density at radius 3 is 2.67 bits per heavy atom. The number of carbonyl (C=O) groups excluding carboxylic acids is 1. The van der Waals surface area contributed by atoms with Gasteiger partial charge in [-0.15, -0.1) is 5.10 Å². The fraction of sp³-hybridized carbons (Fsp3) is 0.429. The molecule has 2 aromatic heterocycles. The number of benzene rings is 1. The van der Waals surface area contributed by atoms with Crippen molar-refractivity contribution in [1.82, 2.24) is 35.1 Å². The summed E-state index contributed by atoms with van der Waals surface area (Å²) in [5.41, 5.74) is 2.64. The van der Waals surface area contributed by atoms with Gasteiger partial charge in [0.05, 0.1) is 11.7 Å². The van der Waals surface area contributed by atoms with Gasteiger partial charge in [0.25, 0.3) is 0 Å². The van der Waals surface area contributed by atoms with Gasteiger partial charge in [-0.3, -0.25) is 9.69 Å². The first-order valence-electron chi connectivity index (χ1n) is 10.4. The van der Waals surface area contributed by atoms with E-state index in [0.29, 0.717) is 6.54 Å². The molecule has 30 heavy (non-hydrogen) atoms. The second-order valence-corrected chi connectivity index (χ2v) is 7.53. The lowest BCUT2D eigenvalue weighted by Crippen LogP contribution is -2.46. The number of aryl methyl sites for hydroxylation is 1. The molecule has 9 heteroatoms. The molecular formula is C21H26N8O. The number of piperidine rings is 1. The summed E-state index contributed by atoms with van der Waals surface area (Å²) in [4.78, 5) is 24.1. The third-order valence-electron chi connectivity index (χ3n) is 5.28. The predicted octanol–water partition coefficient (Wildman–Crippen LogP) is 2.40. The number of nitrogens with one attached hydrogen (secondary N) is 1. The lowest BCUT2D eigenvalue weighted by atomic mass is 10.0. The van der Waals surface area contributed by atoms with E-state index in [0.717, 1.165) is 61.4 Å². The van der Waals surface area contributed by atoms with Crippen LogP contribution in [0.1, 0.15) is 44.0 Å². The normalized spacial score (nSPS) is 17.0. The Hall–Kier alpha value is -3.20. The molecule has 1 aliphatic rings. The highest BCUT2D eigenvalue weighted by molar-refractivity contribution is 5.95. The van der Waals surface area contributed by atoms with E-state index >= 15 is 0 Å². The standard InChI is InChI=1S/C21H26N8O/c1-2-5-20-22-12-16(13-23-20)14-28-11-4-3-6-19(28)21(30)25-17-7-9-18(10-8-17)29-15-24-26-27-29/h7-10,12-13,15,19H,2-6,11,14H2,1H3,(H,25,30). The number of carbonyl (C=O) groups is 1. The van der Waals surface area contributed by atoms with Gasteiger partial charge in [0.15, 0.2) is 0 Å². The van der Waals surface area contributed by atoms with Crippen LogP contribution in [0.4, 0.5) is 5.69 Å². The average Bonchev–Trinajstić information content (AvgIpc) is 3.31. The number of anilines is 1. The molecule has 0 saturated carbocycles. The number of aromatic nitrogens is 6. The minimum Gasteiger partial charge on any atom is -0.325 e. The van der Waals surface area contributed by atoms with E-state index in [1.54, 1.807) is 4.68 Å². The van der Waals surface area contributed by atoms with E-state index in [-0.39, 0.29) is 11.9 Å². The van der Waals surface area contributed by atoms with Gasteiger partial charge in [-0.25, -0.2) is 14.6 Å². The van der Waals surface area contributed by atoms with Crippen molar-refractivity contribution >= 4 is 11.6 Å². The quantitative estimate of drug-likeness (QED) is 0.643. The molecule has 156 valence electrons. The Labute approximate surface area is 175 Å². The van der Waals surface area contributed by atoms with Gasteiger partial charge < -0.3 is 5.32 Å². The number of nitrogens with zero attached hydrogens (tertiary/aromatic N) is 7. The number of tetrazole rings is 1. The summed E-state index contributed by atoms with van der Waals surface area (Å²) >= 11 is 0. The highest BCUT2D eigenvalue weighted by Crippen LogP contribution is 2.21. The summed E-state index contributed by atoms with van der Waals surface area (Å²) in [6, 6.07) is 7.32. The molecule has 4 rings (SSSR count). The number of hydrogen-bond acceptors (Lipinski definition) is 7. The summed E-state index contributed by atoms with van der Waals surface area (Å²) in [5.74, 6) is 0.896. The van der Waals surface area contributed by atoms with E-state index in [2.05, 4.69) is 42.6 Å². The molecule has 1 unspecified atom stereocenters. The predicted molar refractivity (Wildman–Crippen MR) is 112 cm³/mol. The second kappa shape index (κ2) is 9.53. The smallest absolute Gasteiger partial charge is 0.241 e. The van der Waals surface area contributed by atoms with Crippen LogP contribution in [0.5, 0.6) is 0 Å². The van der Waals surface area contributed by atoms with E-state index in [1.165, 1.54) is 6.33 Å². The van der Waals surface area contributed by atoms with Gasteiger partial charge >= 0.3 is 0 Å². The van der Waals surface area contributed by atoms with E-state index in [9.17, 15) is 4.79 Å². The summed E-state index contributed by atoms with van der Waals surface area (Å²) in [6.45, 7) is 3.70. The van der Waals surface area contributed by atoms with Gasteiger partial charge in [-0.1, -0.05) is 13.3 Å². The number of rotatable bonds is 7. The molecule has 0 bridgehead atoms. The molecule has 9 nitrogen and oxygen atoms in total. The molecule has 0 spiro atoms. The maximum atomic E-state index is 13.0. The molecule has 1 fully saturated rings. The molecule has 1 aliphatic heterocycles. The summed E-state index contributed by atoms with van der Waals surface area (Å²) in [6.07, 6.45) is 10.2. The fourth-order valence-electron chi connectivity index (χ4n) is 3.73. The van der Waals surface area contributed by atoms with Crippen LogP contribution in [-0.4, -0.2) is 53.6 Å². The second-order valence-electron chi connectivity index (χ2n) is 7.53. The zero-order valence-electron chi connectivity index (χ0n) is 17.1. The van der Waals surface area contributed by atoms with Crippen LogP contribution in [0.15, 0.2) is 43.0 Å². The van der Waals surface area contributed by atoms with Crippen LogP contribution in [0.25, 0.3) is 5.69 Å². The molecule has 1 amide bonds. The summed E-state index contributed by atoms with van der Waals surface area (Å²) < 4.78 is 1.57. The van der Waals surface area contributed by atoms with Crippen molar-refractivity contribution in [1.29, 1.82) is 0 Å². The highest BCUT2D eigenvalue weighted by atomic mass is 16.2. The van der Waals surface area contributed by atoms with Gasteiger partial charge in [-0.2, -0.15) is 0 Å². The molecule has 3 heterocycles. The molecule has 1 saturated heterocycles. The molecule has 0 aliphatic carbocycles. The number of likely N-dealkylation sites (tertiary alicyclic amines) is 1. The fourth-order valence-corrected chi connectivity index (χ4v) is 3.73. The van der Waals surface area contributed by atoms with Crippen molar-refractivity contribution in [3.05, 3.63) is 54.4 Å². The topological polar surface area (TPSA) is 102 Å². The lowest BCUT2D eigenvalue weighted by molar-refractivity contribution is -0.122. The molecule has 0 radical (unpaired) electrons. The molecule has 1 N–H and O–H groups in total. The molecule has 1 atom stereocenters. The Morgan fingerprint density at radius 2 is 1.97 bits per heavy atom. The largest absolute Gasteiger partial charge is 0.325 e. The zero-order valence-corrected chi connectivity index (χ0v) is 17.1. The molecular weight excluding hydrogens is 380 g/mol. The Bertz CT molecular complexity index is 940. The first-order valence-corrected chi connectivity index (χ1v) is 10.4. The van der Waals surface area contributed by atoms with Gasteiger partial charge in [0.1, 0.15) is 12.2 Å². The number of amides is 1. The third kappa shape index (κ3) is 4.85. The zero-order chi connectivity index (χ0) is 20.8. The van der Waals surface area contributed by atoms with Gasteiger partial charge in [0, 0.05) is 36.6 Å². The third-order valence-corrected chi connectivity index (χ3v) is 5.28. The highest BCUT2D eigenvalue weighted by Gasteiger charge is 2.28. The average molecular weight is 406 g/mol. The van der Waals surface area contributed by atoms with Crippen molar-refractivity contribution in [2.45, 2.75) is 51.6 Å². The summed E-state index contributed by atoms with van der Waals surface area (Å²) in [5, 5.41) is 14.2. The van der Waals surface area contributed by atoms with Crippen LogP contribution < -0.4 is 5.32 Å². The summed E-state index contributed by atoms with van der Waals surface area (Å²) in [7, 11) is 0. The van der Waals surface area contributed by atoms with E-state index in [1.807, 2.05) is 36.7 Å². The minimum absolute atomic E-state index is 0.0217. The molecule has 3 aromatic rings. The van der Waals surface area contributed by atoms with Crippen LogP contribution in [-0.2, 0) is 17.8 Å². The first-order chi connectivity index (χ1) is 14.7. The van der Waals surface area contributed by atoms with Gasteiger partial charge in [-0.05, 0) is 60.5 Å². The van der Waals surface area contributed by atoms with Crippen molar-refractivity contribution in [3.63, 3.8) is 0 Å². The van der Waals surface area contributed by atoms with Crippen LogP contribution >= 0.6 is 0 Å². The lowest BCUT2D eigenvalue weighted by Gasteiger charge is -2.34. The van der Waals surface area contributed by atoms with Crippen molar-refractivity contribution < 1.29 is 4.79 Å². The van der Waals surface area contributed by atoms with Crippen LogP contribution in [0.2, 0.25) is 0 Å². The minimum atomic E-state index is -0.159. The van der Waals surface area contributed by atoms with Crippen molar-refractivity contribution in [2.24, 2.45) is 0 Å². The SMILES string of the molecule is CCCc1ncc(CN2CCCCC2C(=O)Nc2ccc(-n3cnnn3)cc2)cn1.